The van der Waals surface area contributed by atoms with Crippen molar-refractivity contribution in [2.75, 3.05) is 14.2 Å². The molecular formula is C21H22N4O3. The number of benzene rings is 2. The van der Waals surface area contributed by atoms with Crippen molar-refractivity contribution in [1.82, 2.24) is 4.98 Å². The summed E-state index contributed by atoms with van der Waals surface area (Å²) in [6.45, 7) is 3.81. The molecule has 3 aromatic rings. The van der Waals surface area contributed by atoms with Crippen molar-refractivity contribution in [2.45, 2.75) is 13.8 Å². The van der Waals surface area contributed by atoms with E-state index in [-0.39, 0.29) is 5.96 Å². The first-order chi connectivity index (χ1) is 13.4. The zero-order valence-corrected chi connectivity index (χ0v) is 16.2. The Labute approximate surface area is 163 Å². The van der Waals surface area contributed by atoms with Crippen molar-refractivity contribution in [2.24, 2.45) is 16.5 Å². The molecule has 0 saturated heterocycles. The van der Waals surface area contributed by atoms with Gasteiger partial charge in [-0.25, -0.2) is 4.98 Å². The lowest BCUT2D eigenvalue weighted by molar-refractivity contribution is 0.100. The maximum Gasteiger partial charge on any atom is 0.281 e. The van der Waals surface area contributed by atoms with Crippen LogP contribution in [0.1, 0.15) is 21.5 Å². The third kappa shape index (κ3) is 3.22. The Balaban J connectivity index is 2.52. The fourth-order valence-electron chi connectivity index (χ4n) is 3.28. The van der Waals surface area contributed by atoms with E-state index in [0.717, 1.165) is 11.1 Å². The van der Waals surface area contributed by atoms with E-state index >= 15 is 0 Å². The first-order valence-electron chi connectivity index (χ1n) is 8.64. The predicted molar refractivity (Wildman–Crippen MR) is 110 cm³/mol. The van der Waals surface area contributed by atoms with Crippen molar-refractivity contribution in [1.29, 1.82) is 0 Å². The minimum absolute atomic E-state index is 0.311. The number of pyridine rings is 1. The highest BCUT2D eigenvalue weighted by Crippen LogP contribution is 2.39. The van der Waals surface area contributed by atoms with E-state index < -0.39 is 5.91 Å². The smallest absolute Gasteiger partial charge is 0.281 e. The zero-order chi connectivity index (χ0) is 20.4. The number of aromatic nitrogens is 1. The van der Waals surface area contributed by atoms with Crippen LogP contribution in [0.2, 0.25) is 0 Å². The van der Waals surface area contributed by atoms with Crippen LogP contribution in [0.4, 0.5) is 0 Å². The molecule has 1 aromatic heterocycles. The van der Waals surface area contributed by atoms with Gasteiger partial charge in [0.15, 0.2) is 5.96 Å². The third-order valence-corrected chi connectivity index (χ3v) is 4.59. The first kappa shape index (κ1) is 19.2. The van der Waals surface area contributed by atoms with E-state index in [0.29, 0.717) is 39.2 Å². The second-order valence-electron chi connectivity index (χ2n) is 6.31. The molecule has 7 heteroatoms. The Morgan fingerprint density at radius 2 is 1.64 bits per heavy atom. The number of nitrogens with two attached hydrogens (primary N) is 2. The van der Waals surface area contributed by atoms with Crippen LogP contribution in [-0.2, 0) is 0 Å². The lowest BCUT2D eigenvalue weighted by Gasteiger charge is -2.17. The average molecular weight is 378 g/mol. The molecule has 144 valence electrons. The van der Waals surface area contributed by atoms with Crippen LogP contribution in [-0.4, -0.2) is 31.1 Å². The molecule has 0 fully saturated rings. The third-order valence-electron chi connectivity index (χ3n) is 4.59. The maximum absolute atomic E-state index is 13.0. The second kappa shape index (κ2) is 7.56. The van der Waals surface area contributed by atoms with Crippen LogP contribution < -0.4 is 20.9 Å². The molecule has 0 aliphatic heterocycles. The number of carbonyl (C=O) groups excluding carboxylic acids is 1. The summed E-state index contributed by atoms with van der Waals surface area (Å²) in [6, 6.07) is 11.3. The largest absolute Gasteiger partial charge is 0.496 e. The van der Waals surface area contributed by atoms with Gasteiger partial charge in [0.2, 0.25) is 0 Å². The van der Waals surface area contributed by atoms with Gasteiger partial charge in [-0.15, -0.1) is 0 Å². The van der Waals surface area contributed by atoms with Crippen molar-refractivity contribution in [3.05, 3.63) is 53.1 Å². The summed E-state index contributed by atoms with van der Waals surface area (Å²) in [7, 11) is 3.08. The minimum Gasteiger partial charge on any atom is -0.496 e. The van der Waals surface area contributed by atoms with Crippen LogP contribution >= 0.6 is 0 Å². The molecule has 4 N–H and O–H groups in total. The maximum atomic E-state index is 13.0. The van der Waals surface area contributed by atoms with Gasteiger partial charge in [0.1, 0.15) is 17.0 Å². The SMILES string of the molecule is COc1ccc(OC)c2c(C(=O)N=C(N)N)c(C)c(-c3ccccc3C)nc12. The number of ether oxygens (including phenoxy) is 2. The molecule has 0 bridgehead atoms. The molecular weight excluding hydrogens is 356 g/mol. The van der Waals surface area contributed by atoms with Gasteiger partial charge < -0.3 is 20.9 Å². The Morgan fingerprint density at radius 1 is 1.00 bits per heavy atom. The van der Waals surface area contributed by atoms with Crippen LogP contribution in [0.15, 0.2) is 41.4 Å². The summed E-state index contributed by atoms with van der Waals surface area (Å²) in [5.41, 5.74) is 15.0. The Kier molecular flexibility index (Phi) is 5.17. The van der Waals surface area contributed by atoms with Crippen molar-refractivity contribution in [3.8, 4) is 22.8 Å². The molecule has 1 amide bonds. The highest BCUT2D eigenvalue weighted by Gasteiger charge is 2.24. The molecule has 7 nitrogen and oxygen atoms in total. The molecule has 0 saturated carbocycles. The molecule has 0 aliphatic carbocycles. The standard InChI is InChI=1S/C21H22N4O3/c1-11-7-5-6-8-13(11)18-12(2)16(20(26)25-21(22)23)17-14(27-3)9-10-15(28-4)19(17)24-18/h5-10H,1-4H3,(H4,22,23,25,26). The van der Waals surface area contributed by atoms with E-state index in [4.69, 9.17) is 25.9 Å². The van der Waals surface area contributed by atoms with Gasteiger partial charge >= 0.3 is 0 Å². The summed E-state index contributed by atoms with van der Waals surface area (Å²) in [4.78, 5) is 21.5. The first-order valence-corrected chi connectivity index (χ1v) is 8.64. The van der Waals surface area contributed by atoms with E-state index in [2.05, 4.69) is 4.99 Å². The molecule has 0 aliphatic rings. The summed E-state index contributed by atoms with van der Waals surface area (Å²) in [6.07, 6.45) is 0. The van der Waals surface area contributed by atoms with Crippen LogP contribution in [0.3, 0.4) is 0 Å². The normalized spacial score (nSPS) is 10.6. The highest BCUT2D eigenvalue weighted by atomic mass is 16.5. The fourth-order valence-corrected chi connectivity index (χ4v) is 3.28. The molecule has 3 rings (SSSR count). The van der Waals surface area contributed by atoms with Crippen molar-refractivity contribution >= 4 is 22.8 Å². The Hall–Kier alpha value is -3.61. The lowest BCUT2D eigenvalue weighted by Crippen LogP contribution is -2.24. The Bertz CT molecular complexity index is 1100. The topological polar surface area (TPSA) is 113 Å². The predicted octanol–water partition coefficient (Wildman–Crippen LogP) is 2.95. The number of carbonyl (C=O) groups is 1. The number of amides is 1. The quantitative estimate of drug-likeness (QED) is 0.533. The van der Waals surface area contributed by atoms with Gasteiger partial charge in [-0.2, -0.15) is 4.99 Å². The number of methoxy groups -OCH3 is 2. The van der Waals surface area contributed by atoms with E-state index in [9.17, 15) is 4.79 Å². The average Bonchev–Trinajstić information content (AvgIpc) is 2.66. The van der Waals surface area contributed by atoms with Crippen molar-refractivity contribution < 1.29 is 14.3 Å². The highest BCUT2D eigenvalue weighted by molar-refractivity contribution is 6.14. The van der Waals surface area contributed by atoms with E-state index in [1.54, 1.807) is 19.2 Å². The molecule has 0 spiro atoms. The number of hydrogen-bond acceptors (Lipinski definition) is 4. The molecule has 2 aromatic carbocycles. The fraction of sp³-hybridized carbons (Fsp3) is 0.190. The lowest BCUT2D eigenvalue weighted by atomic mass is 9.94. The number of aliphatic imine (C=N–C) groups is 1. The second-order valence-corrected chi connectivity index (χ2v) is 6.31. The summed E-state index contributed by atoms with van der Waals surface area (Å²) in [5, 5.41) is 0.506. The zero-order valence-electron chi connectivity index (χ0n) is 16.2. The molecule has 0 atom stereocenters. The van der Waals surface area contributed by atoms with Gasteiger partial charge in [0.05, 0.1) is 30.9 Å². The van der Waals surface area contributed by atoms with Crippen LogP contribution in [0, 0.1) is 13.8 Å². The monoisotopic (exact) mass is 378 g/mol. The molecule has 0 radical (unpaired) electrons. The van der Waals surface area contributed by atoms with E-state index in [1.165, 1.54) is 7.11 Å². The number of hydrogen-bond donors (Lipinski definition) is 2. The van der Waals surface area contributed by atoms with Gasteiger partial charge in [-0.1, -0.05) is 24.3 Å². The van der Waals surface area contributed by atoms with Gasteiger partial charge in [0.25, 0.3) is 5.91 Å². The van der Waals surface area contributed by atoms with Crippen LogP contribution in [0.25, 0.3) is 22.2 Å². The van der Waals surface area contributed by atoms with Crippen molar-refractivity contribution in [3.63, 3.8) is 0 Å². The number of fused-ring (bicyclic) bond motifs is 1. The number of nitrogens with zero attached hydrogens (tertiary/aromatic N) is 2. The van der Waals surface area contributed by atoms with Gasteiger partial charge in [-0.3, -0.25) is 4.79 Å². The van der Waals surface area contributed by atoms with E-state index in [1.807, 2.05) is 38.1 Å². The summed E-state index contributed by atoms with van der Waals surface area (Å²) >= 11 is 0. The van der Waals surface area contributed by atoms with Crippen LogP contribution in [0.5, 0.6) is 11.5 Å². The Morgan fingerprint density at radius 3 is 2.25 bits per heavy atom. The molecule has 1 heterocycles. The number of rotatable bonds is 4. The van der Waals surface area contributed by atoms with Gasteiger partial charge in [-0.05, 0) is 37.1 Å². The number of aryl methyl sites for hydroxylation is 1. The summed E-state index contributed by atoms with van der Waals surface area (Å²) < 4.78 is 11.0. The number of guanidine groups is 1. The summed E-state index contributed by atoms with van der Waals surface area (Å²) in [5.74, 6) is 0.126. The molecule has 28 heavy (non-hydrogen) atoms. The molecule has 0 unspecified atom stereocenters. The minimum atomic E-state index is -0.564. The van der Waals surface area contributed by atoms with Gasteiger partial charge in [0, 0.05) is 5.56 Å².